The van der Waals surface area contributed by atoms with Gasteiger partial charge in [0.2, 0.25) is 5.95 Å². The fraction of sp³-hybridized carbons (Fsp3) is 0.417. The Bertz CT molecular complexity index is 1160. The zero-order chi connectivity index (χ0) is 23.2. The maximum atomic E-state index is 13.2. The number of piperidine rings is 1. The number of carbonyl (C=O) groups is 1. The van der Waals surface area contributed by atoms with E-state index in [4.69, 9.17) is 4.74 Å². The van der Waals surface area contributed by atoms with E-state index in [9.17, 15) is 9.59 Å². The van der Waals surface area contributed by atoms with Crippen LogP contribution in [0.15, 0.2) is 52.0 Å². The van der Waals surface area contributed by atoms with Crippen LogP contribution < -0.4 is 10.9 Å². The number of halogens is 1. The van der Waals surface area contributed by atoms with Gasteiger partial charge in [-0.3, -0.25) is 4.79 Å². The Kier molecular flexibility index (Phi) is 7.59. The van der Waals surface area contributed by atoms with Gasteiger partial charge in [-0.1, -0.05) is 43.7 Å². The number of carbonyl (C=O) groups excluding carboxylic acids is 1. The number of nitrogens with one attached hydrogen (secondary N) is 1. The van der Waals surface area contributed by atoms with Crippen molar-refractivity contribution in [2.75, 3.05) is 25.0 Å². The van der Waals surface area contributed by atoms with Crippen LogP contribution in [0.2, 0.25) is 0 Å². The average Bonchev–Trinajstić information content (AvgIpc) is 2.85. The van der Waals surface area contributed by atoms with Crippen LogP contribution in [-0.4, -0.2) is 45.2 Å². The van der Waals surface area contributed by atoms with Crippen LogP contribution >= 0.6 is 15.9 Å². The molecule has 174 valence electrons. The molecule has 4 rings (SSSR count). The Balaban J connectivity index is 1.41. The molecule has 0 unspecified atom stereocenters. The van der Waals surface area contributed by atoms with E-state index in [1.54, 1.807) is 15.7 Å². The predicted molar refractivity (Wildman–Crippen MR) is 131 cm³/mol. The number of hydrogen-bond acceptors (Lipinski definition) is 6. The Morgan fingerprint density at radius 2 is 2.00 bits per heavy atom. The maximum absolute atomic E-state index is 13.2. The summed E-state index contributed by atoms with van der Waals surface area (Å²) < 4.78 is 7.94. The first-order chi connectivity index (χ1) is 16.1. The zero-order valence-electron chi connectivity index (χ0n) is 18.7. The molecule has 0 bridgehead atoms. The van der Waals surface area contributed by atoms with Crippen LogP contribution in [0.25, 0.3) is 10.9 Å². The monoisotopic (exact) mass is 513 g/mol. The quantitative estimate of drug-likeness (QED) is 0.459. The van der Waals surface area contributed by atoms with Crippen molar-refractivity contribution in [2.24, 2.45) is 0 Å². The van der Waals surface area contributed by atoms with Gasteiger partial charge >= 0.3 is 6.09 Å². The standard InChI is InChI=1S/C24H28BrN5O3/c1-2-3-11-26-23-27-14-19-21(28-23)20(25)15-30(22(19)31)18-9-12-29(13-10-18)24(32)33-16-17-7-5-4-6-8-17/h4-8,14-15,18H,2-3,9-13,16H2,1H3,(H,26,27,28). The number of unbranched alkanes of at least 4 members (excludes halogenated alkanes) is 1. The number of pyridine rings is 1. The molecule has 9 heteroatoms. The van der Waals surface area contributed by atoms with Crippen molar-refractivity contribution in [3.63, 3.8) is 0 Å². The molecule has 0 spiro atoms. The normalized spacial score (nSPS) is 14.4. The summed E-state index contributed by atoms with van der Waals surface area (Å²) >= 11 is 3.58. The van der Waals surface area contributed by atoms with Gasteiger partial charge in [0.05, 0.1) is 15.4 Å². The number of nitrogens with zero attached hydrogens (tertiary/aromatic N) is 4. The topological polar surface area (TPSA) is 89.4 Å². The smallest absolute Gasteiger partial charge is 0.410 e. The lowest BCUT2D eigenvalue weighted by molar-refractivity contribution is 0.0829. The molecule has 3 aromatic rings. The molecule has 0 atom stereocenters. The largest absolute Gasteiger partial charge is 0.445 e. The lowest BCUT2D eigenvalue weighted by atomic mass is 10.0. The second kappa shape index (κ2) is 10.8. The third-order valence-corrected chi connectivity index (χ3v) is 6.45. The van der Waals surface area contributed by atoms with Crippen molar-refractivity contribution in [2.45, 2.75) is 45.3 Å². The third kappa shape index (κ3) is 5.52. The van der Waals surface area contributed by atoms with E-state index in [2.05, 4.69) is 38.1 Å². The second-order valence-electron chi connectivity index (χ2n) is 8.18. The van der Waals surface area contributed by atoms with Gasteiger partial charge in [0.15, 0.2) is 0 Å². The molecule has 1 N–H and O–H groups in total. The second-order valence-corrected chi connectivity index (χ2v) is 9.04. The van der Waals surface area contributed by atoms with Crippen molar-refractivity contribution in [3.05, 3.63) is 63.1 Å². The molecule has 1 aliphatic rings. The van der Waals surface area contributed by atoms with E-state index in [0.717, 1.165) is 29.4 Å². The molecule has 0 saturated carbocycles. The van der Waals surface area contributed by atoms with Gasteiger partial charge < -0.3 is 19.5 Å². The van der Waals surface area contributed by atoms with Crippen molar-refractivity contribution in [1.82, 2.24) is 19.4 Å². The van der Waals surface area contributed by atoms with Crippen LogP contribution in [0.3, 0.4) is 0 Å². The number of fused-ring (bicyclic) bond motifs is 1. The SMILES string of the molecule is CCCCNc1ncc2c(=O)n(C3CCN(C(=O)OCc4ccccc4)CC3)cc(Br)c2n1. The molecule has 3 heterocycles. The molecule has 2 aromatic heterocycles. The minimum absolute atomic E-state index is 0.00118. The van der Waals surface area contributed by atoms with E-state index in [1.807, 2.05) is 36.5 Å². The Labute approximate surface area is 201 Å². The summed E-state index contributed by atoms with van der Waals surface area (Å²) in [6, 6.07) is 9.62. The average molecular weight is 514 g/mol. The molecule has 0 aliphatic carbocycles. The summed E-state index contributed by atoms with van der Waals surface area (Å²) in [7, 11) is 0. The Morgan fingerprint density at radius 3 is 2.73 bits per heavy atom. The van der Waals surface area contributed by atoms with Crippen LogP contribution in [-0.2, 0) is 11.3 Å². The van der Waals surface area contributed by atoms with E-state index >= 15 is 0 Å². The molecular formula is C24H28BrN5O3. The summed E-state index contributed by atoms with van der Waals surface area (Å²) in [5.74, 6) is 0.524. The van der Waals surface area contributed by atoms with Crippen molar-refractivity contribution >= 4 is 38.9 Å². The minimum atomic E-state index is -0.319. The van der Waals surface area contributed by atoms with E-state index in [-0.39, 0.29) is 24.3 Å². The minimum Gasteiger partial charge on any atom is -0.445 e. The molecule has 1 fully saturated rings. The van der Waals surface area contributed by atoms with Crippen LogP contribution in [0, 0.1) is 0 Å². The first-order valence-electron chi connectivity index (χ1n) is 11.3. The van der Waals surface area contributed by atoms with E-state index < -0.39 is 0 Å². The van der Waals surface area contributed by atoms with Crippen molar-refractivity contribution < 1.29 is 9.53 Å². The number of likely N-dealkylation sites (tertiary alicyclic amines) is 1. The third-order valence-electron chi connectivity index (χ3n) is 5.87. The highest BCUT2D eigenvalue weighted by atomic mass is 79.9. The summed E-state index contributed by atoms with van der Waals surface area (Å²) in [5.41, 5.74) is 1.45. The predicted octanol–water partition coefficient (Wildman–Crippen LogP) is 4.74. The van der Waals surface area contributed by atoms with Crippen molar-refractivity contribution in [1.29, 1.82) is 0 Å². The van der Waals surface area contributed by atoms with Gasteiger partial charge in [0.25, 0.3) is 5.56 Å². The van der Waals surface area contributed by atoms with Gasteiger partial charge in [0.1, 0.15) is 6.61 Å². The van der Waals surface area contributed by atoms with E-state index in [1.165, 1.54) is 0 Å². The zero-order valence-corrected chi connectivity index (χ0v) is 20.3. The number of aromatic nitrogens is 3. The lowest BCUT2D eigenvalue weighted by Gasteiger charge is -2.32. The van der Waals surface area contributed by atoms with Gasteiger partial charge in [-0.15, -0.1) is 0 Å². The summed E-state index contributed by atoms with van der Waals surface area (Å²) in [5, 5.41) is 3.68. The highest BCUT2D eigenvalue weighted by Gasteiger charge is 2.26. The lowest BCUT2D eigenvalue weighted by Crippen LogP contribution is -2.41. The summed E-state index contributed by atoms with van der Waals surface area (Å²) in [6.45, 7) is 4.25. The van der Waals surface area contributed by atoms with Crippen LogP contribution in [0.1, 0.15) is 44.2 Å². The number of anilines is 1. The number of benzene rings is 1. The summed E-state index contributed by atoms with van der Waals surface area (Å²) in [6.07, 6.45) is 6.55. The maximum Gasteiger partial charge on any atom is 0.410 e. The summed E-state index contributed by atoms with van der Waals surface area (Å²) in [4.78, 5) is 36.2. The highest BCUT2D eigenvalue weighted by molar-refractivity contribution is 9.10. The number of hydrogen-bond donors (Lipinski definition) is 1. The first-order valence-corrected chi connectivity index (χ1v) is 12.1. The van der Waals surface area contributed by atoms with Crippen LogP contribution in [0.5, 0.6) is 0 Å². The number of rotatable bonds is 7. The van der Waals surface area contributed by atoms with Crippen LogP contribution in [0.4, 0.5) is 10.7 Å². The first kappa shape index (κ1) is 23.2. The molecule has 0 radical (unpaired) electrons. The number of ether oxygens (including phenoxy) is 1. The fourth-order valence-electron chi connectivity index (χ4n) is 3.97. The molecule has 8 nitrogen and oxygen atoms in total. The molecular weight excluding hydrogens is 486 g/mol. The Hall–Kier alpha value is -2.94. The van der Waals surface area contributed by atoms with Gasteiger partial charge in [-0.25, -0.2) is 14.8 Å². The fourth-order valence-corrected chi connectivity index (χ4v) is 4.49. The Morgan fingerprint density at radius 1 is 1.24 bits per heavy atom. The molecule has 1 saturated heterocycles. The van der Waals surface area contributed by atoms with Gasteiger partial charge in [-0.2, -0.15) is 0 Å². The van der Waals surface area contributed by atoms with Gasteiger partial charge in [-0.05, 0) is 40.8 Å². The molecule has 1 aliphatic heterocycles. The number of amides is 1. The van der Waals surface area contributed by atoms with Crippen molar-refractivity contribution in [3.8, 4) is 0 Å². The molecule has 1 amide bonds. The molecule has 33 heavy (non-hydrogen) atoms. The van der Waals surface area contributed by atoms with Gasteiger partial charge in [0, 0.05) is 38.1 Å². The molecule has 1 aromatic carbocycles. The highest BCUT2D eigenvalue weighted by Crippen LogP contribution is 2.26. The van der Waals surface area contributed by atoms with E-state index in [0.29, 0.717) is 42.8 Å².